The van der Waals surface area contributed by atoms with Gasteiger partial charge in [0.1, 0.15) is 11.1 Å². The van der Waals surface area contributed by atoms with Crippen LogP contribution in [0.1, 0.15) is 34.1 Å². The van der Waals surface area contributed by atoms with Gasteiger partial charge >= 0.3 is 12.1 Å². The zero-order valence-corrected chi connectivity index (χ0v) is 11.9. The molecule has 1 heterocycles. The van der Waals surface area contributed by atoms with E-state index >= 15 is 0 Å². The maximum Gasteiger partial charge on any atom is 0.411 e. The minimum atomic E-state index is -1.28. The molecule has 7 heteroatoms. The number of carbonyl (C=O) groups is 2. The van der Waals surface area contributed by atoms with Crippen molar-refractivity contribution in [1.82, 2.24) is 4.90 Å². The molecule has 2 atom stereocenters. The van der Waals surface area contributed by atoms with Gasteiger partial charge in [-0.15, -0.1) is 12.4 Å². The second-order valence-electron chi connectivity index (χ2n) is 5.63. The zero-order valence-electron chi connectivity index (χ0n) is 11.1. The van der Waals surface area contributed by atoms with Crippen LogP contribution in [0.5, 0.6) is 0 Å². The van der Waals surface area contributed by atoms with E-state index in [0.717, 1.165) is 0 Å². The molecule has 0 aromatic heterocycles. The summed E-state index contributed by atoms with van der Waals surface area (Å²) in [5.41, 5.74) is 3.80. The van der Waals surface area contributed by atoms with Gasteiger partial charge in [-0.2, -0.15) is 0 Å². The fraction of sp³-hybridized carbons (Fsp3) is 0.818. The van der Waals surface area contributed by atoms with Crippen molar-refractivity contribution in [2.24, 2.45) is 5.73 Å². The highest BCUT2D eigenvalue weighted by Gasteiger charge is 2.50. The van der Waals surface area contributed by atoms with E-state index in [0.29, 0.717) is 0 Å². The van der Waals surface area contributed by atoms with Crippen molar-refractivity contribution < 1.29 is 19.4 Å². The minimum absolute atomic E-state index is 0. The highest BCUT2D eigenvalue weighted by molar-refractivity contribution is 5.85. The van der Waals surface area contributed by atoms with Crippen LogP contribution in [0.3, 0.4) is 0 Å². The molecule has 6 nitrogen and oxygen atoms in total. The van der Waals surface area contributed by atoms with Gasteiger partial charge in [-0.25, -0.2) is 9.59 Å². The standard InChI is InChI=1S/C11H20N2O4.ClH/c1-10(2,3)17-9(16)13-6-7(12)5-11(13,4)8(14)15;/h7H,5-6,12H2,1-4H3,(H,14,15);1H/t7-,11+;/m1./s1. The van der Waals surface area contributed by atoms with Gasteiger partial charge in [0.05, 0.1) is 0 Å². The highest BCUT2D eigenvalue weighted by Crippen LogP contribution is 2.30. The molecular weight excluding hydrogens is 260 g/mol. The first-order chi connectivity index (χ1) is 7.56. The first kappa shape index (κ1) is 17.0. The molecule has 0 aromatic carbocycles. The van der Waals surface area contributed by atoms with Crippen LogP contribution < -0.4 is 5.73 Å². The summed E-state index contributed by atoms with van der Waals surface area (Å²) in [6.07, 6.45) is -0.392. The monoisotopic (exact) mass is 280 g/mol. The van der Waals surface area contributed by atoms with Crippen LogP contribution in [0.25, 0.3) is 0 Å². The number of halogens is 1. The smallest absolute Gasteiger partial charge is 0.411 e. The topological polar surface area (TPSA) is 92.9 Å². The Bertz CT molecular complexity index is 342. The number of likely N-dealkylation sites (tertiary alicyclic amines) is 1. The molecule has 18 heavy (non-hydrogen) atoms. The van der Waals surface area contributed by atoms with Crippen molar-refractivity contribution in [2.75, 3.05) is 6.54 Å². The first-order valence-electron chi connectivity index (χ1n) is 5.56. The lowest BCUT2D eigenvalue weighted by atomic mass is 9.98. The number of aliphatic carboxylic acids is 1. The predicted octanol–water partition coefficient (Wildman–Crippen LogP) is 1.22. The molecule has 0 saturated carbocycles. The van der Waals surface area contributed by atoms with Gasteiger partial charge in [0.15, 0.2) is 0 Å². The molecular formula is C11H21ClN2O4. The average molecular weight is 281 g/mol. The Morgan fingerprint density at radius 3 is 2.33 bits per heavy atom. The van der Waals surface area contributed by atoms with Gasteiger partial charge in [-0.3, -0.25) is 4.90 Å². The van der Waals surface area contributed by atoms with E-state index in [-0.39, 0.29) is 31.4 Å². The summed E-state index contributed by atoms with van der Waals surface area (Å²) in [4.78, 5) is 24.4. The SMILES string of the molecule is CC(C)(C)OC(=O)N1C[C@H](N)C[C@@]1(C)C(=O)O.Cl. The van der Waals surface area contributed by atoms with Crippen molar-refractivity contribution in [2.45, 2.75) is 51.3 Å². The molecule has 106 valence electrons. The quantitative estimate of drug-likeness (QED) is 0.753. The molecule has 0 aromatic rings. The second-order valence-corrected chi connectivity index (χ2v) is 5.63. The van der Waals surface area contributed by atoms with Gasteiger partial charge in [0.25, 0.3) is 0 Å². The molecule has 0 radical (unpaired) electrons. The van der Waals surface area contributed by atoms with Crippen LogP contribution in [0.2, 0.25) is 0 Å². The number of nitrogens with zero attached hydrogens (tertiary/aromatic N) is 1. The number of amides is 1. The van der Waals surface area contributed by atoms with Crippen LogP contribution in [0.15, 0.2) is 0 Å². The van der Waals surface area contributed by atoms with Gasteiger partial charge in [0.2, 0.25) is 0 Å². The summed E-state index contributed by atoms with van der Waals surface area (Å²) in [6.45, 7) is 6.90. The Kier molecular flexibility index (Phi) is 5.02. The molecule has 0 spiro atoms. The number of nitrogens with two attached hydrogens (primary N) is 1. The lowest BCUT2D eigenvalue weighted by molar-refractivity contribution is -0.148. The van der Waals surface area contributed by atoms with E-state index in [1.54, 1.807) is 20.8 Å². The summed E-state index contributed by atoms with van der Waals surface area (Å²) in [7, 11) is 0. The Hall–Kier alpha value is -1.01. The number of rotatable bonds is 1. The second kappa shape index (κ2) is 5.32. The van der Waals surface area contributed by atoms with Crippen LogP contribution >= 0.6 is 12.4 Å². The summed E-state index contributed by atoms with van der Waals surface area (Å²) in [6, 6.07) is -0.330. The van der Waals surface area contributed by atoms with Crippen molar-refractivity contribution in [3.8, 4) is 0 Å². The van der Waals surface area contributed by atoms with E-state index in [4.69, 9.17) is 10.5 Å². The maximum absolute atomic E-state index is 11.9. The molecule has 1 aliphatic rings. The van der Waals surface area contributed by atoms with Crippen molar-refractivity contribution in [3.05, 3.63) is 0 Å². The molecule has 0 unspecified atom stereocenters. The number of hydrogen-bond donors (Lipinski definition) is 2. The third kappa shape index (κ3) is 3.49. The van der Waals surface area contributed by atoms with E-state index in [1.807, 2.05) is 0 Å². The summed E-state index contributed by atoms with van der Waals surface area (Å²) < 4.78 is 5.18. The largest absolute Gasteiger partial charge is 0.480 e. The van der Waals surface area contributed by atoms with Gasteiger partial charge < -0.3 is 15.6 Å². The number of hydrogen-bond acceptors (Lipinski definition) is 4. The Labute approximate surface area is 113 Å². The Morgan fingerprint density at radius 1 is 1.44 bits per heavy atom. The van der Waals surface area contributed by atoms with E-state index < -0.39 is 23.2 Å². The van der Waals surface area contributed by atoms with E-state index in [1.165, 1.54) is 11.8 Å². The average Bonchev–Trinajstić information content (AvgIpc) is 2.40. The molecule has 1 fully saturated rings. The summed E-state index contributed by atoms with van der Waals surface area (Å²) >= 11 is 0. The van der Waals surface area contributed by atoms with E-state index in [9.17, 15) is 14.7 Å². The normalized spacial score (nSPS) is 27.6. The van der Waals surface area contributed by atoms with Crippen molar-refractivity contribution >= 4 is 24.5 Å². The fourth-order valence-corrected chi connectivity index (χ4v) is 1.92. The summed E-state index contributed by atoms with van der Waals surface area (Å²) in [5, 5.41) is 9.20. The highest BCUT2D eigenvalue weighted by atomic mass is 35.5. The molecule has 1 amide bonds. The fourth-order valence-electron chi connectivity index (χ4n) is 1.92. The van der Waals surface area contributed by atoms with Crippen LogP contribution in [0, 0.1) is 0 Å². The summed E-state index contributed by atoms with van der Waals surface area (Å²) in [5.74, 6) is -1.06. The lowest BCUT2D eigenvalue weighted by Gasteiger charge is -2.32. The minimum Gasteiger partial charge on any atom is -0.480 e. The maximum atomic E-state index is 11.9. The Morgan fingerprint density at radius 2 is 1.94 bits per heavy atom. The van der Waals surface area contributed by atoms with Crippen LogP contribution in [-0.4, -0.2) is 45.8 Å². The van der Waals surface area contributed by atoms with Gasteiger partial charge in [0, 0.05) is 12.6 Å². The zero-order chi connectivity index (χ0) is 13.4. The number of carboxylic acids is 1. The number of ether oxygens (including phenoxy) is 1. The number of carboxylic acid groups (broad SMARTS) is 1. The number of carbonyl (C=O) groups excluding carboxylic acids is 1. The van der Waals surface area contributed by atoms with E-state index in [2.05, 4.69) is 0 Å². The van der Waals surface area contributed by atoms with Crippen LogP contribution in [-0.2, 0) is 9.53 Å². The predicted molar refractivity (Wildman–Crippen MR) is 68.8 cm³/mol. The first-order valence-corrected chi connectivity index (χ1v) is 5.56. The third-order valence-electron chi connectivity index (χ3n) is 2.75. The van der Waals surface area contributed by atoms with Gasteiger partial charge in [-0.1, -0.05) is 0 Å². The third-order valence-corrected chi connectivity index (χ3v) is 2.75. The molecule has 1 aliphatic heterocycles. The van der Waals surface area contributed by atoms with Crippen molar-refractivity contribution in [3.63, 3.8) is 0 Å². The molecule has 1 saturated heterocycles. The molecule has 0 bridgehead atoms. The van der Waals surface area contributed by atoms with Gasteiger partial charge in [-0.05, 0) is 34.1 Å². The molecule has 3 N–H and O–H groups in total. The van der Waals surface area contributed by atoms with Crippen LogP contribution in [0.4, 0.5) is 4.79 Å². The molecule has 1 rings (SSSR count). The van der Waals surface area contributed by atoms with Crippen molar-refractivity contribution in [1.29, 1.82) is 0 Å². The lowest BCUT2D eigenvalue weighted by Crippen LogP contribution is -2.52. The Balaban J connectivity index is 0.00000289. The molecule has 0 aliphatic carbocycles.